The molecule has 58 heavy (non-hydrogen) atoms. The highest BCUT2D eigenvalue weighted by molar-refractivity contribution is 6.15. The van der Waals surface area contributed by atoms with Crippen molar-refractivity contribution in [3.63, 3.8) is 0 Å². The van der Waals surface area contributed by atoms with Crippen LogP contribution in [0.5, 0.6) is 23.0 Å². The van der Waals surface area contributed by atoms with Crippen molar-refractivity contribution in [1.82, 2.24) is 0 Å². The van der Waals surface area contributed by atoms with Crippen LogP contribution in [0.1, 0.15) is 94.1 Å². The van der Waals surface area contributed by atoms with Crippen molar-refractivity contribution >= 4 is 47.8 Å². The first-order valence-electron chi connectivity index (χ1n) is 17.8. The van der Waals surface area contributed by atoms with Crippen LogP contribution in [0.4, 0.5) is 9.59 Å². The molecule has 0 atom stereocenters. The fraction of sp³-hybridized carbons (Fsp3) is 0.238. The van der Waals surface area contributed by atoms with Gasteiger partial charge < -0.3 is 28.4 Å². The molecule has 0 spiro atoms. The topological polar surface area (TPSA) is 210 Å². The molecular weight excluding hydrogens is 760 g/mol. The molecule has 4 aromatic rings. The molecule has 0 aliphatic heterocycles. The maximum absolute atomic E-state index is 13.9. The molecule has 0 radical (unpaired) electrons. The van der Waals surface area contributed by atoms with Gasteiger partial charge in [-0.1, -0.05) is 64.1 Å². The van der Waals surface area contributed by atoms with Gasteiger partial charge in [0.2, 0.25) is 11.6 Å². The Labute approximate surface area is 331 Å². The van der Waals surface area contributed by atoms with E-state index in [-0.39, 0.29) is 47.0 Å². The number of carbonyl (C=O) groups is 8. The molecule has 0 N–H and O–H groups in total. The molecule has 0 bridgehead atoms. The highest BCUT2D eigenvalue weighted by atomic mass is 17.2. The second kappa shape index (κ2) is 20.0. The van der Waals surface area contributed by atoms with Gasteiger partial charge >= 0.3 is 36.2 Å². The SMILES string of the molecule is CCOC(=O)Oc1ccccc1C(=O)c1cccc(C(=O)OOC(=O)c2cccc(C(=O)c3ccccc3OC(=O)OCC)c2OC(=O)C(C)C)c1OC(=O)C(C)C. The van der Waals surface area contributed by atoms with Gasteiger partial charge in [-0.25, -0.2) is 29.0 Å². The van der Waals surface area contributed by atoms with Crippen LogP contribution in [0.3, 0.4) is 0 Å². The van der Waals surface area contributed by atoms with Crippen LogP contribution >= 0.6 is 0 Å². The van der Waals surface area contributed by atoms with E-state index < -0.39 is 82.2 Å². The normalized spacial score (nSPS) is 10.6. The van der Waals surface area contributed by atoms with Crippen molar-refractivity contribution in [3.05, 3.63) is 118 Å². The van der Waals surface area contributed by atoms with Crippen molar-refractivity contribution in [2.24, 2.45) is 11.8 Å². The van der Waals surface area contributed by atoms with Gasteiger partial charge in [0.05, 0.1) is 47.3 Å². The summed E-state index contributed by atoms with van der Waals surface area (Å²) in [5, 5.41) is 0. The largest absolute Gasteiger partial charge is 0.513 e. The maximum Gasteiger partial charge on any atom is 0.513 e. The molecule has 0 aliphatic rings. The minimum absolute atomic E-state index is 0.00451. The van der Waals surface area contributed by atoms with Gasteiger partial charge in [-0.3, -0.25) is 19.2 Å². The monoisotopic (exact) mass is 798 g/mol. The van der Waals surface area contributed by atoms with E-state index in [0.717, 1.165) is 12.1 Å². The smallest absolute Gasteiger partial charge is 0.434 e. The molecule has 4 rings (SSSR count). The summed E-state index contributed by atoms with van der Waals surface area (Å²) in [5.41, 5.74) is -2.08. The zero-order chi connectivity index (χ0) is 42.5. The van der Waals surface area contributed by atoms with E-state index in [4.69, 9.17) is 38.2 Å². The second-order valence-electron chi connectivity index (χ2n) is 12.5. The molecule has 0 saturated carbocycles. The van der Waals surface area contributed by atoms with Crippen molar-refractivity contribution in [3.8, 4) is 23.0 Å². The van der Waals surface area contributed by atoms with E-state index in [2.05, 4.69) is 0 Å². The molecule has 0 aliphatic carbocycles. The summed E-state index contributed by atoms with van der Waals surface area (Å²) >= 11 is 0. The minimum Gasteiger partial charge on any atom is -0.434 e. The Morgan fingerprint density at radius 3 is 1.10 bits per heavy atom. The third-order valence-electron chi connectivity index (χ3n) is 7.67. The highest BCUT2D eigenvalue weighted by Crippen LogP contribution is 2.33. The van der Waals surface area contributed by atoms with Crippen LogP contribution < -0.4 is 18.9 Å². The number of para-hydroxylation sites is 4. The van der Waals surface area contributed by atoms with Gasteiger partial charge in [0.15, 0.2) is 11.5 Å². The summed E-state index contributed by atoms with van der Waals surface area (Å²) in [6.07, 6.45) is -2.17. The summed E-state index contributed by atoms with van der Waals surface area (Å²) in [6, 6.07) is 18.5. The Morgan fingerprint density at radius 2 is 0.759 bits per heavy atom. The molecule has 16 nitrogen and oxygen atoms in total. The van der Waals surface area contributed by atoms with Crippen molar-refractivity contribution in [2.75, 3.05) is 13.2 Å². The van der Waals surface area contributed by atoms with E-state index in [1.807, 2.05) is 0 Å². The number of esters is 2. The van der Waals surface area contributed by atoms with Crippen LogP contribution in [-0.4, -0.2) is 61.0 Å². The first-order chi connectivity index (χ1) is 27.7. The third kappa shape index (κ3) is 10.7. The van der Waals surface area contributed by atoms with Gasteiger partial charge in [0, 0.05) is 0 Å². The minimum atomic E-state index is -1.41. The number of hydrogen-bond donors (Lipinski definition) is 0. The van der Waals surface area contributed by atoms with Gasteiger partial charge in [0.1, 0.15) is 22.6 Å². The first-order valence-corrected chi connectivity index (χ1v) is 17.8. The van der Waals surface area contributed by atoms with E-state index in [9.17, 15) is 38.4 Å². The van der Waals surface area contributed by atoms with Crippen LogP contribution in [-0.2, 0) is 28.8 Å². The van der Waals surface area contributed by atoms with Gasteiger partial charge in [-0.2, -0.15) is 0 Å². The van der Waals surface area contributed by atoms with Crippen molar-refractivity contribution in [1.29, 1.82) is 0 Å². The fourth-order valence-corrected chi connectivity index (χ4v) is 4.83. The van der Waals surface area contributed by atoms with Crippen LogP contribution in [0.15, 0.2) is 84.9 Å². The first kappa shape index (κ1) is 43.4. The molecule has 0 heterocycles. The van der Waals surface area contributed by atoms with E-state index in [1.54, 1.807) is 13.8 Å². The number of benzene rings is 4. The van der Waals surface area contributed by atoms with E-state index >= 15 is 0 Å². The molecule has 302 valence electrons. The summed E-state index contributed by atoms with van der Waals surface area (Å²) in [6.45, 7) is 9.12. The van der Waals surface area contributed by atoms with Gasteiger partial charge in [0.25, 0.3) is 0 Å². The Kier molecular flexibility index (Phi) is 15.0. The number of ketones is 2. The third-order valence-corrected chi connectivity index (χ3v) is 7.67. The Bertz CT molecular complexity index is 2080. The molecule has 0 saturated heterocycles. The van der Waals surface area contributed by atoms with Gasteiger partial charge in [-0.15, -0.1) is 0 Å². The predicted octanol–water partition coefficient (Wildman–Crippen LogP) is 7.27. The summed E-state index contributed by atoms with van der Waals surface area (Å²) < 4.78 is 31.0. The zero-order valence-electron chi connectivity index (χ0n) is 32.2. The summed E-state index contributed by atoms with van der Waals surface area (Å²) in [4.78, 5) is 115. The number of hydrogen-bond acceptors (Lipinski definition) is 16. The van der Waals surface area contributed by atoms with Gasteiger partial charge in [-0.05, 0) is 62.4 Å². The lowest BCUT2D eigenvalue weighted by Crippen LogP contribution is -2.22. The lowest BCUT2D eigenvalue weighted by Gasteiger charge is -2.16. The molecule has 0 unspecified atom stereocenters. The lowest BCUT2D eigenvalue weighted by molar-refractivity contribution is -0.187. The summed E-state index contributed by atoms with van der Waals surface area (Å²) in [5.74, 6) is -9.23. The Hall–Kier alpha value is -7.36. The molecule has 0 aromatic heterocycles. The molecular formula is C42H38O16. The second-order valence-corrected chi connectivity index (χ2v) is 12.5. The van der Waals surface area contributed by atoms with Crippen LogP contribution in [0.2, 0.25) is 0 Å². The molecule has 16 heteroatoms. The fourth-order valence-electron chi connectivity index (χ4n) is 4.83. The standard InChI is InChI=1S/C42H38O16/c1-7-51-41(49)53-31-21-11-9-15-25(31)33(43)27-17-13-19-29(35(27)55-37(45)23(3)4)39(47)57-58-40(48)30-20-14-18-28(36(30)56-38(46)24(5)6)34(44)26-16-10-12-22-32(26)54-42(50)52-8-2/h9-24H,7-8H2,1-6H3. The highest BCUT2D eigenvalue weighted by Gasteiger charge is 2.31. The van der Waals surface area contributed by atoms with Crippen molar-refractivity contribution < 1.29 is 76.6 Å². The predicted molar refractivity (Wildman–Crippen MR) is 200 cm³/mol. The lowest BCUT2D eigenvalue weighted by atomic mass is 9.99. The Balaban J connectivity index is 1.71. The molecule has 4 aromatic carbocycles. The summed E-state index contributed by atoms with van der Waals surface area (Å²) in [7, 11) is 0. The number of carbonyl (C=O) groups excluding carboxylic acids is 8. The molecule has 0 fully saturated rings. The average molecular weight is 799 g/mol. The van der Waals surface area contributed by atoms with Crippen LogP contribution in [0.25, 0.3) is 0 Å². The average Bonchev–Trinajstić information content (AvgIpc) is 3.19. The quantitative estimate of drug-likeness (QED) is 0.0306. The molecule has 0 amide bonds. The zero-order valence-corrected chi connectivity index (χ0v) is 32.2. The van der Waals surface area contributed by atoms with E-state index in [0.29, 0.717) is 0 Å². The maximum atomic E-state index is 13.9. The Morgan fingerprint density at radius 1 is 0.431 bits per heavy atom. The number of ether oxygens (including phenoxy) is 6. The van der Waals surface area contributed by atoms with E-state index in [1.165, 1.54) is 100 Å². The number of rotatable bonds is 14. The van der Waals surface area contributed by atoms with Crippen LogP contribution in [0, 0.1) is 11.8 Å². The van der Waals surface area contributed by atoms with Crippen molar-refractivity contribution in [2.45, 2.75) is 41.5 Å².